The summed E-state index contributed by atoms with van der Waals surface area (Å²) in [7, 11) is 0. The van der Waals surface area contributed by atoms with E-state index in [0.29, 0.717) is 5.56 Å². The molecule has 120 valence electrons. The van der Waals surface area contributed by atoms with Gasteiger partial charge in [-0.3, -0.25) is 9.59 Å². The van der Waals surface area contributed by atoms with Crippen LogP contribution in [0.4, 0.5) is 0 Å². The highest BCUT2D eigenvalue weighted by molar-refractivity contribution is 5.97. The minimum Gasteiger partial charge on any atom is -0.480 e. The van der Waals surface area contributed by atoms with Crippen molar-refractivity contribution >= 4 is 17.8 Å². The van der Waals surface area contributed by atoms with Crippen LogP contribution >= 0.6 is 0 Å². The Morgan fingerprint density at radius 1 is 1.18 bits per heavy atom. The maximum absolute atomic E-state index is 12.0. The van der Waals surface area contributed by atoms with E-state index in [0.717, 1.165) is 11.1 Å². The zero-order valence-electron chi connectivity index (χ0n) is 13.3. The minimum absolute atomic E-state index is 0.249. The van der Waals surface area contributed by atoms with Crippen LogP contribution in [0.2, 0.25) is 0 Å². The molecule has 0 saturated carbocycles. The van der Waals surface area contributed by atoms with Crippen LogP contribution in [0.3, 0.4) is 0 Å². The molecule has 0 aliphatic heterocycles. The number of amides is 2. The van der Waals surface area contributed by atoms with Gasteiger partial charge in [-0.05, 0) is 50.5 Å². The smallest absolute Gasteiger partial charge is 0.329 e. The average molecular weight is 306 g/mol. The van der Waals surface area contributed by atoms with E-state index in [1.54, 1.807) is 19.1 Å². The number of hydrogen-bond donors (Lipinski definition) is 3. The van der Waals surface area contributed by atoms with Crippen molar-refractivity contribution in [3.05, 3.63) is 34.9 Å². The molecule has 0 aromatic heterocycles. The molecule has 2 amide bonds. The number of carboxylic acid groups (broad SMARTS) is 1. The van der Waals surface area contributed by atoms with Gasteiger partial charge in [0.15, 0.2) is 0 Å². The highest BCUT2D eigenvalue weighted by atomic mass is 16.4. The summed E-state index contributed by atoms with van der Waals surface area (Å²) in [5.41, 5.74) is 1.20. The normalized spacial score (nSPS) is 13.1. The van der Waals surface area contributed by atoms with Gasteiger partial charge in [-0.25, -0.2) is 4.79 Å². The van der Waals surface area contributed by atoms with Crippen molar-refractivity contribution in [1.82, 2.24) is 10.6 Å². The van der Waals surface area contributed by atoms with E-state index >= 15 is 0 Å². The monoisotopic (exact) mass is 306 g/mol. The lowest BCUT2D eigenvalue weighted by atomic mass is 9.99. The van der Waals surface area contributed by atoms with Gasteiger partial charge in [0.1, 0.15) is 5.54 Å². The fraction of sp³-hybridized carbons (Fsp3) is 0.438. The number of rotatable bonds is 6. The number of carbonyl (C=O) groups excluding carboxylic acids is 2. The second-order valence-electron chi connectivity index (χ2n) is 5.52. The topological polar surface area (TPSA) is 95.5 Å². The molecule has 1 atom stereocenters. The first kappa shape index (κ1) is 17.7. The lowest BCUT2D eigenvalue weighted by Crippen LogP contribution is -2.54. The zero-order chi connectivity index (χ0) is 16.9. The van der Waals surface area contributed by atoms with E-state index in [1.807, 2.05) is 19.9 Å². The highest BCUT2D eigenvalue weighted by Gasteiger charge is 2.32. The first-order chi connectivity index (χ1) is 10.2. The van der Waals surface area contributed by atoms with Crippen LogP contribution < -0.4 is 10.6 Å². The van der Waals surface area contributed by atoms with E-state index in [1.165, 1.54) is 6.92 Å². The third-order valence-electron chi connectivity index (χ3n) is 3.77. The van der Waals surface area contributed by atoms with Gasteiger partial charge in [-0.1, -0.05) is 13.0 Å². The van der Waals surface area contributed by atoms with Crippen LogP contribution in [0.15, 0.2) is 18.2 Å². The maximum atomic E-state index is 12.0. The largest absolute Gasteiger partial charge is 0.480 e. The van der Waals surface area contributed by atoms with Crippen LogP contribution in [0.1, 0.15) is 41.8 Å². The lowest BCUT2D eigenvalue weighted by molar-refractivity contribution is -0.146. The number of benzene rings is 1. The van der Waals surface area contributed by atoms with Crippen molar-refractivity contribution in [2.75, 3.05) is 6.54 Å². The molecular weight excluding hydrogens is 284 g/mol. The van der Waals surface area contributed by atoms with Crippen LogP contribution in [0, 0.1) is 13.8 Å². The second kappa shape index (κ2) is 7.06. The molecule has 1 aromatic rings. The van der Waals surface area contributed by atoms with Crippen LogP contribution in [-0.2, 0) is 9.59 Å². The predicted octanol–water partition coefficient (Wildman–Crippen LogP) is 1.40. The third-order valence-corrected chi connectivity index (χ3v) is 3.77. The highest BCUT2D eigenvalue weighted by Crippen LogP contribution is 2.10. The molecule has 0 aliphatic rings. The van der Waals surface area contributed by atoms with Crippen LogP contribution in [0.5, 0.6) is 0 Å². The number of aliphatic carboxylic acids is 1. The van der Waals surface area contributed by atoms with Gasteiger partial charge < -0.3 is 15.7 Å². The summed E-state index contributed by atoms with van der Waals surface area (Å²) < 4.78 is 0. The summed E-state index contributed by atoms with van der Waals surface area (Å²) in [4.78, 5) is 34.9. The van der Waals surface area contributed by atoms with Crippen molar-refractivity contribution in [2.45, 2.75) is 39.7 Å². The Bertz CT molecular complexity index is 598. The van der Waals surface area contributed by atoms with E-state index in [-0.39, 0.29) is 18.9 Å². The molecule has 0 radical (unpaired) electrons. The zero-order valence-corrected chi connectivity index (χ0v) is 13.3. The molecule has 0 fully saturated rings. The summed E-state index contributed by atoms with van der Waals surface area (Å²) >= 11 is 0. The molecular formula is C16H22N2O4. The van der Waals surface area contributed by atoms with E-state index in [9.17, 15) is 14.4 Å². The summed E-state index contributed by atoms with van der Waals surface area (Å²) in [5.74, 6) is -2.01. The number of aryl methyl sites for hydroxylation is 2. The van der Waals surface area contributed by atoms with Crippen molar-refractivity contribution in [3.63, 3.8) is 0 Å². The number of carbonyl (C=O) groups is 3. The minimum atomic E-state index is -1.33. The van der Waals surface area contributed by atoms with Crippen molar-refractivity contribution < 1.29 is 19.5 Å². The Morgan fingerprint density at radius 3 is 2.32 bits per heavy atom. The Hall–Kier alpha value is -2.37. The molecule has 6 heteroatoms. The van der Waals surface area contributed by atoms with Crippen molar-refractivity contribution in [3.8, 4) is 0 Å². The van der Waals surface area contributed by atoms with Gasteiger partial charge in [0, 0.05) is 5.56 Å². The Morgan fingerprint density at radius 2 is 1.82 bits per heavy atom. The molecule has 22 heavy (non-hydrogen) atoms. The van der Waals surface area contributed by atoms with Crippen molar-refractivity contribution in [2.24, 2.45) is 0 Å². The van der Waals surface area contributed by atoms with Gasteiger partial charge in [0.05, 0.1) is 6.54 Å². The van der Waals surface area contributed by atoms with E-state index in [2.05, 4.69) is 10.6 Å². The number of hydrogen-bond acceptors (Lipinski definition) is 3. The first-order valence-electron chi connectivity index (χ1n) is 7.09. The van der Waals surface area contributed by atoms with Gasteiger partial charge in [-0.2, -0.15) is 0 Å². The fourth-order valence-corrected chi connectivity index (χ4v) is 1.79. The van der Waals surface area contributed by atoms with Gasteiger partial charge in [0.2, 0.25) is 5.91 Å². The molecule has 1 unspecified atom stereocenters. The van der Waals surface area contributed by atoms with Gasteiger partial charge >= 0.3 is 5.97 Å². The van der Waals surface area contributed by atoms with Crippen LogP contribution in [0.25, 0.3) is 0 Å². The molecule has 0 heterocycles. The summed E-state index contributed by atoms with van der Waals surface area (Å²) in [6, 6.07) is 5.27. The molecule has 6 nitrogen and oxygen atoms in total. The molecule has 1 rings (SSSR count). The van der Waals surface area contributed by atoms with E-state index in [4.69, 9.17) is 5.11 Å². The third kappa shape index (κ3) is 4.31. The summed E-state index contributed by atoms with van der Waals surface area (Å²) in [5, 5.41) is 14.0. The molecule has 1 aromatic carbocycles. The molecule has 3 N–H and O–H groups in total. The summed E-state index contributed by atoms with van der Waals surface area (Å²) in [6.07, 6.45) is 0.249. The predicted molar refractivity (Wildman–Crippen MR) is 82.7 cm³/mol. The maximum Gasteiger partial charge on any atom is 0.329 e. The summed E-state index contributed by atoms with van der Waals surface area (Å²) in [6.45, 7) is 6.68. The van der Waals surface area contributed by atoms with Crippen LogP contribution in [-0.4, -0.2) is 35.0 Å². The Balaban J connectivity index is 2.62. The molecule has 0 spiro atoms. The molecule has 0 bridgehead atoms. The standard InChI is InChI=1S/C16H22N2O4/c1-5-16(4,15(21)22)18-13(19)9-17-14(20)12-7-6-10(2)11(3)8-12/h6-8H,5,9H2,1-4H3,(H,17,20)(H,18,19)(H,21,22). The molecule has 0 aliphatic carbocycles. The SMILES string of the molecule is CCC(C)(NC(=O)CNC(=O)c1ccc(C)c(C)c1)C(=O)O. The van der Waals surface area contributed by atoms with E-state index < -0.39 is 17.4 Å². The molecule has 0 saturated heterocycles. The second-order valence-corrected chi connectivity index (χ2v) is 5.52. The van der Waals surface area contributed by atoms with Gasteiger partial charge in [-0.15, -0.1) is 0 Å². The van der Waals surface area contributed by atoms with Crippen molar-refractivity contribution in [1.29, 1.82) is 0 Å². The Labute approximate surface area is 129 Å². The fourth-order valence-electron chi connectivity index (χ4n) is 1.79. The lowest BCUT2D eigenvalue weighted by Gasteiger charge is -2.24. The number of nitrogens with one attached hydrogen (secondary N) is 2. The van der Waals surface area contributed by atoms with Gasteiger partial charge in [0.25, 0.3) is 5.91 Å². The number of carboxylic acids is 1. The first-order valence-corrected chi connectivity index (χ1v) is 7.09. The Kier molecular flexibility index (Phi) is 5.68. The quantitative estimate of drug-likeness (QED) is 0.740. The average Bonchev–Trinajstić information content (AvgIpc) is 2.47.